The molecule has 0 atom stereocenters. The number of hydrogen-bond acceptors (Lipinski definition) is 5. The lowest BCUT2D eigenvalue weighted by atomic mass is 10.1. The van der Waals surface area contributed by atoms with E-state index in [1.807, 2.05) is 0 Å². The van der Waals surface area contributed by atoms with Gasteiger partial charge in [0.15, 0.2) is 5.03 Å². The fourth-order valence-electron chi connectivity index (χ4n) is 1.74. The van der Waals surface area contributed by atoms with Crippen LogP contribution in [-0.2, 0) is 17.1 Å². The predicted molar refractivity (Wildman–Crippen MR) is 60.4 cm³/mol. The molecule has 0 aromatic carbocycles. The zero-order chi connectivity index (χ0) is 12.5. The Bertz CT molecular complexity index is 524. The second-order valence-electron chi connectivity index (χ2n) is 3.95. The van der Waals surface area contributed by atoms with Crippen molar-refractivity contribution in [3.63, 3.8) is 0 Å². The molecular weight excluding hydrogens is 244 g/mol. The summed E-state index contributed by atoms with van der Waals surface area (Å²) in [6, 6.07) is 0. The molecule has 1 N–H and O–H groups in total. The number of nitrogens with zero attached hydrogens (tertiary/aromatic N) is 4. The third kappa shape index (κ3) is 2.32. The molecular formula is C9H14N4O3S. The van der Waals surface area contributed by atoms with Gasteiger partial charge in [0, 0.05) is 39.2 Å². The largest absolute Gasteiger partial charge is 0.411 e. The highest BCUT2D eigenvalue weighted by Gasteiger charge is 2.29. The van der Waals surface area contributed by atoms with Crippen molar-refractivity contribution in [2.45, 2.75) is 17.9 Å². The third-order valence-electron chi connectivity index (χ3n) is 2.73. The number of aromatic nitrogens is 2. The number of oxime groups is 1. The number of aryl methyl sites for hydroxylation is 1. The lowest BCUT2D eigenvalue weighted by Gasteiger charge is -2.25. The lowest BCUT2D eigenvalue weighted by molar-refractivity contribution is 0.309. The molecule has 1 aliphatic rings. The molecule has 1 saturated heterocycles. The molecule has 0 spiro atoms. The maximum absolute atomic E-state index is 12.1. The van der Waals surface area contributed by atoms with Crippen LogP contribution in [0.3, 0.4) is 0 Å². The van der Waals surface area contributed by atoms with Crippen LogP contribution in [0.5, 0.6) is 0 Å². The predicted octanol–water partition coefficient (Wildman–Crippen LogP) is 0.0348. The van der Waals surface area contributed by atoms with Crippen molar-refractivity contribution in [3.05, 3.63) is 12.5 Å². The van der Waals surface area contributed by atoms with E-state index in [-0.39, 0.29) is 5.03 Å². The van der Waals surface area contributed by atoms with Gasteiger partial charge in [0.2, 0.25) is 0 Å². The molecule has 0 unspecified atom stereocenters. The summed E-state index contributed by atoms with van der Waals surface area (Å²) in [7, 11) is -1.79. The molecule has 0 saturated carbocycles. The van der Waals surface area contributed by atoms with Gasteiger partial charge >= 0.3 is 0 Å². The zero-order valence-corrected chi connectivity index (χ0v) is 10.3. The monoisotopic (exact) mass is 258 g/mol. The highest BCUT2D eigenvalue weighted by atomic mass is 32.2. The van der Waals surface area contributed by atoms with Crippen molar-refractivity contribution in [3.8, 4) is 0 Å². The highest BCUT2D eigenvalue weighted by Crippen LogP contribution is 2.17. The summed E-state index contributed by atoms with van der Waals surface area (Å²) >= 11 is 0. The SMILES string of the molecule is Cn1cnc(S(=O)(=O)N2CCC(=NO)CC2)c1. The molecule has 0 bridgehead atoms. The summed E-state index contributed by atoms with van der Waals surface area (Å²) in [5.41, 5.74) is 0.637. The van der Waals surface area contributed by atoms with Gasteiger partial charge < -0.3 is 9.77 Å². The average molecular weight is 258 g/mol. The molecule has 0 radical (unpaired) electrons. The Labute approximate surface area is 99.4 Å². The second-order valence-corrected chi connectivity index (χ2v) is 5.83. The van der Waals surface area contributed by atoms with Gasteiger partial charge in [0.05, 0.1) is 12.0 Å². The number of rotatable bonds is 2. The first-order valence-electron chi connectivity index (χ1n) is 5.22. The van der Waals surface area contributed by atoms with E-state index in [2.05, 4.69) is 10.1 Å². The highest BCUT2D eigenvalue weighted by molar-refractivity contribution is 7.89. The van der Waals surface area contributed by atoms with Crippen molar-refractivity contribution >= 4 is 15.7 Å². The molecule has 1 aromatic heterocycles. The number of hydrogen-bond donors (Lipinski definition) is 1. The minimum absolute atomic E-state index is 0.0596. The Morgan fingerprint density at radius 2 is 2.06 bits per heavy atom. The Kier molecular flexibility index (Phi) is 3.16. The zero-order valence-electron chi connectivity index (χ0n) is 9.44. The molecule has 7 nitrogen and oxygen atoms in total. The summed E-state index contributed by atoms with van der Waals surface area (Å²) in [6.07, 6.45) is 3.85. The average Bonchev–Trinajstić information content (AvgIpc) is 2.77. The summed E-state index contributed by atoms with van der Waals surface area (Å²) < 4.78 is 27.2. The Balaban J connectivity index is 2.18. The summed E-state index contributed by atoms with van der Waals surface area (Å²) in [5, 5.41) is 11.8. The van der Waals surface area contributed by atoms with Gasteiger partial charge in [-0.3, -0.25) is 0 Å². The van der Waals surface area contributed by atoms with Crippen molar-refractivity contribution < 1.29 is 13.6 Å². The smallest absolute Gasteiger partial charge is 0.262 e. The summed E-state index contributed by atoms with van der Waals surface area (Å²) in [4.78, 5) is 3.86. The van der Waals surface area contributed by atoms with Gasteiger partial charge in [0.25, 0.3) is 10.0 Å². The molecule has 0 aliphatic carbocycles. The van der Waals surface area contributed by atoms with Gasteiger partial charge in [0.1, 0.15) is 0 Å². The molecule has 0 amide bonds. The van der Waals surface area contributed by atoms with Crippen LogP contribution < -0.4 is 0 Å². The van der Waals surface area contributed by atoms with E-state index in [0.29, 0.717) is 31.6 Å². The van der Waals surface area contributed by atoms with Crippen molar-refractivity contribution in [1.29, 1.82) is 0 Å². The van der Waals surface area contributed by atoms with Gasteiger partial charge in [-0.25, -0.2) is 13.4 Å². The van der Waals surface area contributed by atoms with E-state index in [9.17, 15) is 8.42 Å². The number of piperidine rings is 1. The van der Waals surface area contributed by atoms with Gasteiger partial charge in [-0.15, -0.1) is 0 Å². The summed E-state index contributed by atoms with van der Waals surface area (Å²) in [6.45, 7) is 0.663. The topological polar surface area (TPSA) is 87.8 Å². The second kappa shape index (κ2) is 4.46. The molecule has 2 heterocycles. The fraction of sp³-hybridized carbons (Fsp3) is 0.556. The van der Waals surface area contributed by atoms with Crippen LogP contribution in [0.25, 0.3) is 0 Å². The normalized spacial score (nSPS) is 18.3. The van der Waals surface area contributed by atoms with Crippen molar-refractivity contribution in [2.75, 3.05) is 13.1 Å². The molecule has 17 heavy (non-hydrogen) atoms. The first-order chi connectivity index (χ1) is 8.04. The van der Waals surface area contributed by atoms with E-state index in [0.717, 1.165) is 0 Å². The van der Waals surface area contributed by atoms with E-state index in [1.54, 1.807) is 11.6 Å². The third-order valence-corrected chi connectivity index (χ3v) is 4.51. The Hall–Kier alpha value is -1.41. The quantitative estimate of drug-likeness (QED) is 0.599. The van der Waals surface area contributed by atoms with E-state index < -0.39 is 10.0 Å². The van der Waals surface area contributed by atoms with Gasteiger partial charge in [-0.2, -0.15) is 4.31 Å². The van der Waals surface area contributed by atoms with Gasteiger partial charge in [-0.1, -0.05) is 5.16 Å². The fourth-order valence-corrected chi connectivity index (χ4v) is 3.15. The Morgan fingerprint density at radius 1 is 1.41 bits per heavy atom. The lowest BCUT2D eigenvalue weighted by Crippen LogP contribution is -2.38. The maximum atomic E-state index is 12.1. The number of imidazole rings is 1. The van der Waals surface area contributed by atoms with Crippen LogP contribution in [0.2, 0.25) is 0 Å². The number of sulfonamides is 1. The minimum Gasteiger partial charge on any atom is -0.411 e. The van der Waals surface area contributed by atoms with Crippen LogP contribution in [0.15, 0.2) is 22.7 Å². The molecule has 2 rings (SSSR count). The van der Waals surface area contributed by atoms with Crippen molar-refractivity contribution in [1.82, 2.24) is 13.9 Å². The maximum Gasteiger partial charge on any atom is 0.262 e. The van der Waals surface area contributed by atoms with Crippen LogP contribution in [0.1, 0.15) is 12.8 Å². The molecule has 1 aliphatic heterocycles. The van der Waals surface area contributed by atoms with Crippen molar-refractivity contribution in [2.24, 2.45) is 12.2 Å². The van der Waals surface area contributed by atoms with Gasteiger partial charge in [-0.05, 0) is 0 Å². The molecule has 1 fully saturated rings. The first-order valence-corrected chi connectivity index (χ1v) is 6.66. The molecule has 8 heteroatoms. The van der Waals surface area contributed by atoms with Crippen LogP contribution in [0.4, 0.5) is 0 Å². The first kappa shape index (κ1) is 12.1. The molecule has 1 aromatic rings. The van der Waals surface area contributed by atoms with E-state index in [1.165, 1.54) is 16.8 Å². The van der Waals surface area contributed by atoms with Crippen LogP contribution in [0, 0.1) is 0 Å². The minimum atomic E-state index is -3.51. The Morgan fingerprint density at radius 3 is 2.53 bits per heavy atom. The standard InChI is InChI=1S/C9H14N4O3S/c1-12-6-9(10-7-12)17(15,16)13-4-2-8(11-14)3-5-13/h6-7,14H,2-5H2,1H3. The van der Waals surface area contributed by atoms with E-state index in [4.69, 9.17) is 5.21 Å². The van der Waals surface area contributed by atoms with Crippen LogP contribution in [-0.4, -0.2) is 46.3 Å². The van der Waals surface area contributed by atoms with E-state index >= 15 is 0 Å². The molecule has 94 valence electrons. The van der Waals surface area contributed by atoms with Crippen LogP contribution >= 0.6 is 0 Å². The summed E-state index contributed by atoms with van der Waals surface area (Å²) in [5.74, 6) is 0.